The molecule has 0 saturated carbocycles. The van der Waals surface area contributed by atoms with Gasteiger partial charge in [-0.3, -0.25) is 4.79 Å². The third kappa shape index (κ3) is 3.10. The number of rotatable bonds is 5. The highest BCUT2D eigenvalue weighted by Crippen LogP contribution is 2.15. The second kappa shape index (κ2) is 5.87. The molecule has 0 amide bonds. The van der Waals surface area contributed by atoms with E-state index in [0.717, 1.165) is 29.8 Å². The van der Waals surface area contributed by atoms with Crippen molar-refractivity contribution in [3.8, 4) is 5.75 Å². The highest BCUT2D eigenvalue weighted by Gasteiger charge is 1.96. The average Bonchev–Trinajstić information content (AvgIpc) is 2.46. The van der Waals surface area contributed by atoms with Gasteiger partial charge in [0.1, 0.15) is 12.0 Å². The van der Waals surface area contributed by atoms with E-state index in [4.69, 9.17) is 4.74 Å². The van der Waals surface area contributed by atoms with Crippen molar-refractivity contribution in [3.05, 3.63) is 59.7 Å². The number of carbonyl (C=O) groups excluding carboxylic acids is 1. The molecule has 0 aliphatic rings. The summed E-state index contributed by atoms with van der Waals surface area (Å²) in [4.78, 5) is 10.5. The fourth-order valence-corrected chi connectivity index (χ4v) is 1.63. The first-order chi connectivity index (χ1) is 8.81. The molecule has 0 bridgehead atoms. The highest BCUT2D eigenvalue weighted by atomic mass is 16.5. The molecule has 0 aliphatic heterocycles. The molecule has 2 rings (SSSR count). The van der Waals surface area contributed by atoms with Crippen molar-refractivity contribution in [2.24, 2.45) is 0 Å². The smallest absolute Gasteiger partial charge is 0.150 e. The van der Waals surface area contributed by atoms with E-state index in [0.29, 0.717) is 5.56 Å². The van der Waals surface area contributed by atoms with Crippen LogP contribution < -0.4 is 10.1 Å². The zero-order valence-corrected chi connectivity index (χ0v) is 10.2. The van der Waals surface area contributed by atoms with Crippen LogP contribution in [0, 0.1) is 0 Å². The standard InChI is InChI=1S/C15H15NO2/c1-18-15-8-6-14(7-9-15)16-10-12-2-4-13(11-17)5-3-12/h2-9,11,16H,10H2,1H3. The zero-order valence-electron chi connectivity index (χ0n) is 10.2. The molecule has 18 heavy (non-hydrogen) atoms. The van der Waals surface area contributed by atoms with Crippen LogP contribution in [0.15, 0.2) is 48.5 Å². The van der Waals surface area contributed by atoms with Gasteiger partial charge >= 0.3 is 0 Å². The van der Waals surface area contributed by atoms with E-state index in [-0.39, 0.29) is 0 Å². The lowest BCUT2D eigenvalue weighted by Crippen LogP contribution is -1.99. The van der Waals surface area contributed by atoms with Crippen LogP contribution in [0.1, 0.15) is 15.9 Å². The van der Waals surface area contributed by atoms with Crippen LogP contribution >= 0.6 is 0 Å². The Morgan fingerprint density at radius 2 is 1.72 bits per heavy atom. The highest BCUT2D eigenvalue weighted by molar-refractivity contribution is 5.74. The molecule has 2 aromatic rings. The molecule has 0 aliphatic carbocycles. The van der Waals surface area contributed by atoms with Crippen LogP contribution in [0.5, 0.6) is 5.75 Å². The lowest BCUT2D eigenvalue weighted by molar-refractivity contribution is 0.112. The molecule has 0 radical (unpaired) electrons. The first-order valence-electron chi connectivity index (χ1n) is 5.74. The molecule has 2 aromatic carbocycles. The van der Waals surface area contributed by atoms with Crippen molar-refractivity contribution in [1.82, 2.24) is 0 Å². The molecule has 0 fully saturated rings. The van der Waals surface area contributed by atoms with Crippen LogP contribution in [0.4, 0.5) is 5.69 Å². The van der Waals surface area contributed by atoms with Crippen molar-refractivity contribution in [1.29, 1.82) is 0 Å². The molecule has 3 heteroatoms. The summed E-state index contributed by atoms with van der Waals surface area (Å²) in [5.74, 6) is 0.843. The fourth-order valence-electron chi connectivity index (χ4n) is 1.63. The predicted octanol–water partition coefficient (Wildman–Crippen LogP) is 3.12. The van der Waals surface area contributed by atoms with Crippen molar-refractivity contribution in [2.75, 3.05) is 12.4 Å². The lowest BCUT2D eigenvalue weighted by Gasteiger charge is -2.07. The molecule has 0 saturated heterocycles. The van der Waals surface area contributed by atoms with Gasteiger partial charge in [0, 0.05) is 17.8 Å². The van der Waals surface area contributed by atoms with Gasteiger partial charge in [0.15, 0.2) is 0 Å². The van der Waals surface area contributed by atoms with Gasteiger partial charge < -0.3 is 10.1 Å². The van der Waals surface area contributed by atoms with E-state index in [1.807, 2.05) is 48.5 Å². The number of nitrogens with one attached hydrogen (secondary N) is 1. The maximum atomic E-state index is 10.5. The number of benzene rings is 2. The summed E-state index contributed by atoms with van der Waals surface area (Å²) in [6, 6.07) is 15.3. The maximum Gasteiger partial charge on any atom is 0.150 e. The Balaban J connectivity index is 1.95. The van der Waals surface area contributed by atoms with Crippen molar-refractivity contribution < 1.29 is 9.53 Å². The summed E-state index contributed by atoms with van der Waals surface area (Å²) in [6.07, 6.45) is 0.848. The topological polar surface area (TPSA) is 38.3 Å². The Hall–Kier alpha value is -2.29. The maximum absolute atomic E-state index is 10.5. The van der Waals surface area contributed by atoms with Gasteiger partial charge in [0.2, 0.25) is 0 Å². The van der Waals surface area contributed by atoms with E-state index in [9.17, 15) is 4.79 Å². The Morgan fingerprint density at radius 1 is 1.06 bits per heavy atom. The minimum absolute atomic E-state index is 0.697. The number of carbonyl (C=O) groups is 1. The molecule has 0 spiro atoms. The normalized spacial score (nSPS) is 9.83. The first kappa shape index (κ1) is 12.2. The van der Waals surface area contributed by atoms with E-state index in [1.54, 1.807) is 7.11 Å². The first-order valence-corrected chi connectivity index (χ1v) is 5.74. The largest absolute Gasteiger partial charge is 0.497 e. The summed E-state index contributed by atoms with van der Waals surface area (Å²) in [5, 5.41) is 3.31. The molecule has 0 unspecified atom stereocenters. The van der Waals surface area contributed by atoms with Crippen molar-refractivity contribution in [2.45, 2.75) is 6.54 Å². The van der Waals surface area contributed by atoms with E-state index < -0.39 is 0 Å². The number of anilines is 1. The Bertz CT molecular complexity index is 503. The van der Waals surface area contributed by atoms with Crippen LogP contribution in [-0.2, 0) is 6.54 Å². The number of hydrogen-bond acceptors (Lipinski definition) is 3. The molecule has 3 nitrogen and oxygen atoms in total. The Morgan fingerprint density at radius 3 is 2.28 bits per heavy atom. The van der Waals surface area contributed by atoms with E-state index >= 15 is 0 Å². The van der Waals surface area contributed by atoms with Crippen molar-refractivity contribution >= 4 is 12.0 Å². The summed E-state index contributed by atoms with van der Waals surface area (Å²) in [6.45, 7) is 0.728. The molecule has 0 heterocycles. The number of methoxy groups -OCH3 is 1. The monoisotopic (exact) mass is 241 g/mol. The van der Waals surface area contributed by atoms with Crippen LogP contribution in [-0.4, -0.2) is 13.4 Å². The minimum atomic E-state index is 0.697. The average molecular weight is 241 g/mol. The van der Waals surface area contributed by atoms with Gasteiger partial charge in [-0.05, 0) is 29.8 Å². The summed E-state index contributed by atoms with van der Waals surface area (Å²) in [5.41, 5.74) is 2.87. The van der Waals surface area contributed by atoms with Crippen LogP contribution in [0.2, 0.25) is 0 Å². The molecule has 92 valence electrons. The molecular formula is C15H15NO2. The van der Waals surface area contributed by atoms with Gasteiger partial charge in [-0.25, -0.2) is 0 Å². The number of ether oxygens (including phenoxy) is 1. The Kier molecular flexibility index (Phi) is 3.97. The summed E-state index contributed by atoms with van der Waals surface area (Å²) in [7, 11) is 1.65. The van der Waals surface area contributed by atoms with Crippen molar-refractivity contribution in [3.63, 3.8) is 0 Å². The quantitative estimate of drug-likeness (QED) is 0.817. The van der Waals surface area contributed by atoms with Crippen LogP contribution in [0.3, 0.4) is 0 Å². The van der Waals surface area contributed by atoms with Gasteiger partial charge in [0.25, 0.3) is 0 Å². The van der Waals surface area contributed by atoms with Gasteiger partial charge in [0.05, 0.1) is 7.11 Å². The second-order valence-electron chi connectivity index (χ2n) is 3.94. The van der Waals surface area contributed by atoms with E-state index in [2.05, 4.69) is 5.32 Å². The number of hydrogen-bond donors (Lipinski definition) is 1. The summed E-state index contributed by atoms with van der Waals surface area (Å²) >= 11 is 0. The number of aldehydes is 1. The van der Waals surface area contributed by atoms with Gasteiger partial charge in [-0.15, -0.1) is 0 Å². The van der Waals surface area contributed by atoms with E-state index in [1.165, 1.54) is 0 Å². The molecule has 0 atom stereocenters. The third-order valence-electron chi connectivity index (χ3n) is 2.70. The molecular weight excluding hydrogens is 226 g/mol. The SMILES string of the molecule is COc1ccc(NCc2ccc(C=O)cc2)cc1. The Labute approximate surface area is 106 Å². The third-order valence-corrected chi connectivity index (χ3v) is 2.70. The predicted molar refractivity (Wildman–Crippen MR) is 72.2 cm³/mol. The van der Waals surface area contributed by atoms with Gasteiger partial charge in [-0.1, -0.05) is 24.3 Å². The molecule has 1 N–H and O–H groups in total. The fraction of sp³-hybridized carbons (Fsp3) is 0.133. The van der Waals surface area contributed by atoms with Gasteiger partial charge in [-0.2, -0.15) is 0 Å². The zero-order chi connectivity index (χ0) is 12.8. The molecule has 0 aromatic heterocycles. The summed E-state index contributed by atoms with van der Waals surface area (Å²) < 4.78 is 5.10. The van der Waals surface area contributed by atoms with Crippen LogP contribution in [0.25, 0.3) is 0 Å². The second-order valence-corrected chi connectivity index (χ2v) is 3.94. The minimum Gasteiger partial charge on any atom is -0.497 e. The lowest BCUT2D eigenvalue weighted by atomic mass is 10.1.